The second-order valence-electron chi connectivity index (χ2n) is 5.19. The third-order valence-electron chi connectivity index (χ3n) is 3.39. The summed E-state index contributed by atoms with van der Waals surface area (Å²) in [4.78, 5) is 2.03. The summed E-state index contributed by atoms with van der Waals surface area (Å²) in [7, 11) is 3.96. The van der Waals surface area contributed by atoms with Crippen LogP contribution in [0.25, 0.3) is 0 Å². The van der Waals surface area contributed by atoms with Gasteiger partial charge in [0.2, 0.25) is 5.75 Å². The fraction of sp³-hybridized carbons (Fsp3) is 0.250. The number of phenolic OH excluding ortho intramolecular Hbond substituents is 3. The van der Waals surface area contributed by atoms with Crippen LogP contribution in [0.4, 0.5) is 11.4 Å². The van der Waals surface area contributed by atoms with Crippen LogP contribution >= 0.6 is 0 Å². The molecule has 5 heteroatoms. The predicted molar refractivity (Wildman–Crippen MR) is 84.3 cm³/mol. The number of anilines is 2. The Morgan fingerprint density at radius 3 is 2.38 bits per heavy atom. The maximum Gasteiger partial charge on any atom is 0.200 e. The second kappa shape index (κ2) is 5.83. The van der Waals surface area contributed by atoms with Crippen LogP contribution in [0.15, 0.2) is 30.3 Å². The van der Waals surface area contributed by atoms with Crippen LogP contribution in [0.5, 0.6) is 17.2 Å². The molecule has 0 saturated carbocycles. The maximum absolute atomic E-state index is 9.79. The van der Waals surface area contributed by atoms with Gasteiger partial charge in [-0.05, 0) is 36.8 Å². The molecule has 21 heavy (non-hydrogen) atoms. The molecule has 0 unspecified atom stereocenters. The predicted octanol–water partition coefficient (Wildman–Crippen LogP) is 2.79. The van der Waals surface area contributed by atoms with Crippen molar-refractivity contribution in [1.82, 2.24) is 0 Å². The maximum atomic E-state index is 9.79. The highest BCUT2D eigenvalue weighted by Crippen LogP contribution is 2.37. The molecule has 0 aliphatic carbocycles. The number of benzene rings is 2. The Hall–Kier alpha value is -2.56. The van der Waals surface area contributed by atoms with Gasteiger partial charge in [-0.2, -0.15) is 0 Å². The van der Waals surface area contributed by atoms with Crippen LogP contribution < -0.4 is 10.2 Å². The normalized spacial score (nSPS) is 10.4. The molecule has 2 aromatic rings. The molecule has 112 valence electrons. The first kappa shape index (κ1) is 14.8. The molecule has 5 nitrogen and oxygen atoms in total. The van der Waals surface area contributed by atoms with Gasteiger partial charge < -0.3 is 25.5 Å². The molecule has 0 saturated heterocycles. The Labute approximate surface area is 124 Å². The lowest BCUT2D eigenvalue weighted by atomic mass is 10.1. The monoisotopic (exact) mass is 288 g/mol. The molecule has 0 fully saturated rings. The third-order valence-corrected chi connectivity index (χ3v) is 3.39. The van der Waals surface area contributed by atoms with Gasteiger partial charge in [-0.25, -0.2) is 0 Å². The third kappa shape index (κ3) is 3.13. The van der Waals surface area contributed by atoms with Crippen LogP contribution in [-0.2, 0) is 6.54 Å². The number of aryl methyl sites for hydroxylation is 1. The van der Waals surface area contributed by atoms with E-state index in [-0.39, 0.29) is 11.5 Å². The van der Waals surface area contributed by atoms with Crippen LogP contribution in [0.3, 0.4) is 0 Å². The molecule has 4 N–H and O–H groups in total. The van der Waals surface area contributed by atoms with Crippen molar-refractivity contribution in [3.63, 3.8) is 0 Å². The zero-order chi connectivity index (χ0) is 15.6. The summed E-state index contributed by atoms with van der Waals surface area (Å²) in [6, 6.07) is 8.92. The summed E-state index contributed by atoms with van der Waals surface area (Å²) in [5.41, 5.74) is 3.71. The van der Waals surface area contributed by atoms with E-state index in [1.54, 1.807) is 6.07 Å². The van der Waals surface area contributed by atoms with Crippen molar-refractivity contribution in [2.45, 2.75) is 13.5 Å². The highest BCUT2D eigenvalue weighted by Gasteiger charge is 2.11. The first-order valence-corrected chi connectivity index (χ1v) is 6.64. The van der Waals surface area contributed by atoms with Gasteiger partial charge in [-0.3, -0.25) is 0 Å². The largest absolute Gasteiger partial charge is 0.504 e. The molecule has 0 radical (unpaired) electrons. The standard InChI is InChI=1S/C16H20N2O3/c1-10-4-6-12(8-13(10)18(2)3)17-9-11-5-7-14(19)16(21)15(11)20/h4-8,17,19-21H,9H2,1-3H3. The number of rotatable bonds is 4. The van der Waals surface area contributed by atoms with Crippen molar-refractivity contribution in [2.75, 3.05) is 24.3 Å². The topological polar surface area (TPSA) is 76.0 Å². The van der Waals surface area contributed by atoms with E-state index in [0.717, 1.165) is 11.4 Å². The first-order valence-electron chi connectivity index (χ1n) is 6.64. The molecule has 0 aromatic heterocycles. The fourth-order valence-corrected chi connectivity index (χ4v) is 2.15. The molecule has 2 rings (SSSR count). The van der Waals surface area contributed by atoms with Crippen LogP contribution in [-0.4, -0.2) is 29.4 Å². The van der Waals surface area contributed by atoms with Gasteiger partial charge >= 0.3 is 0 Å². The average Bonchev–Trinajstić information content (AvgIpc) is 2.45. The summed E-state index contributed by atoms with van der Waals surface area (Å²) in [6.45, 7) is 2.39. The van der Waals surface area contributed by atoms with Crippen molar-refractivity contribution in [1.29, 1.82) is 0 Å². The van der Waals surface area contributed by atoms with E-state index in [0.29, 0.717) is 12.1 Å². The lowest BCUT2D eigenvalue weighted by Crippen LogP contribution is -2.11. The van der Waals surface area contributed by atoms with Gasteiger partial charge in [0.25, 0.3) is 0 Å². The summed E-state index contributed by atoms with van der Waals surface area (Å²) in [5.74, 6) is -1.13. The number of hydrogen-bond donors (Lipinski definition) is 4. The molecular weight excluding hydrogens is 268 g/mol. The SMILES string of the molecule is Cc1ccc(NCc2ccc(O)c(O)c2O)cc1N(C)C. The van der Waals surface area contributed by atoms with E-state index in [4.69, 9.17) is 0 Å². The average molecular weight is 288 g/mol. The second-order valence-corrected chi connectivity index (χ2v) is 5.19. The molecule has 0 heterocycles. The Morgan fingerprint density at radius 2 is 1.71 bits per heavy atom. The lowest BCUT2D eigenvalue weighted by molar-refractivity contribution is 0.365. The van der Waals surface area contributed by atoms with Crippen LogP contribution in [0.1, 0.15) is 11.1 Å². The molecule has 0 spiro atoms. The van der Waals surface area contributed by atoms with E-state index < -0.39 is 5.75 Å². The highest BCUT2D eigenvalue weighted by molar-refractivity contribution is 5.62. The Balaban J connectivity index is 2.17. The Bertz CT molecular complexity index is 654. The number of hydrogen-bond acceptors (Lipinski definition) is 5. The summed E-state index contributed by atoms with van der Waals surface area (Å²) < 4.78 is 0. The van der Waals surface area contributed by atoms with Crippen LogP contribution in [0, 0.1) is 6.92 Å². The van der Waals surface area contributed by atoms with E-state index in [1.807, 2.05) is 44.1 Å². The minimum atomic E-state index is -0.493. The van der Waals surface area contributed by atoms with Gasteiger partial charge in [0, 0.05) is 37.6 Å². The number of phenols is 3. The molecule has 0 bridgehead atoms. The van der Waals surface area contributed by atoms with Crippen molar-refractivity contribution in [3.8, 4) is 17.2 Å². The molecule has 0 aliphatic rings. The quantitative estimate of drug-likeness (QED) is 0.651. The zero-order valence-corrected chi connectivity index (χ0v) is 12.4. The molecule has 0 amide bonds. The van der Waals surface area contributed by atoms with Crippen molar-refractivity contribution < 1.29 is 15.3 Å². The van der Waals surface area contributed by atoms with Gasteiger partial charge in [0.05, 0.1) is 0 Å². The van der Waals surface area contributed by atoms with Gasteiger partial charge in [-0.15, -0.1) is 0 Å². The van der Waals surface area contributed by atoms with Gasteiger partial charge in [0.15, 0.2) is 11.5 Å². The Kier molecular flexibility index (Phi) is 4.12. The molecule has 2 aromatic carbocycles. The van der Waals surface area contributed by atoms with Crippen molar-refractivity contribution >= 4 is 11.4 Å². The summed E-state index contributed by atoms with van der Waals surface area (Å²) >= 11 is 0. The van der Waals surface area contributed by atoms with E-state index in [1.165, 1.54) is 11.6 Å². The zero-order valence-electron chi connectivity index (χ0n) is 12.4. The van der Waals surface area contributed by atoms with E-state index >= 15 is 0 Å². The molecular formula is C16H20N2O3. The molecule has 0 atom stereocenters. The summed E-state index contributed by atoms with van der Waals surface area (Å²) in [5, 5.41) is 31.8. The van der Waals surface area contributed by atoms with Crippen molar-refractivity contribution in [2.24, 2.45) is 0 Å². The Morgan fingerprint density at radius 1 is 1.00 bits per heavy atom. The number of nitrogens with zero attached hydrogens (tertiary/aromatic N) is 1. The minimum absolute atomic E-state index is 0.303. The number of aromatic hydroxyl groups is 3. The van der Waals surface area contributed by atoms with Gasteiger partial charge in [-0.1, -0.05) is 6.07 Å². The first-order chi connectivity index (χ1) is 9.90. The minimum Gasteiger partial charge on any atom is -0.504 e. The molecule has 0 aliphatic heterocycles. The number of nitrogens with one attached hydrogen (secondary N) is 1. The van der Waals surface area contributed by atoms with E-state index in [2.05, 4.69) is 5.32 Å². The smallest absolute Gasteiger partial charge is 0.200 e. The lowest BCUT2D eigenvalue weighted by Gasteiger charge is -2.17. The van der Waals surface area contributed by atoms with Gasteiger partial charge in [0.1, 0.15) is 0 Å². The summed E-state index contributed by atoms with van der Waals surface area (Å²) in [6.07, 6.45) is 0. The highest BCUT2D eigenvalue weighted by atomic mass is 16.3. The fourth-order valence-electron chi connectivity index (χ4n) is 2.15. The van der Waals surface area contributed by atoms with Crippen LogP contribution in [0.2, 0.25) is 0 Å². The van der Waals surface area contributed by atoms with E-state index in [9.17, 15) is 15.3 Å². The van der Waals surface area contributed by atoms with Crippen molar-refractivity contribution in [3.05, 3.63) is 41.5 Å².